The van der Waals surface area contributed by atoms with Gasteiger partial charge in [-0.1, -0.05) is 12.1 Å². The molecule has 0 spiro atoms. The van der Waals surface area contributed by atoms with E-state index in [1.54, 1.807) is 48.3 Å². The Hall–Kier alpha value is -2.36. The molecule has 0 unspecified atom stereocenters. The van der Waals surface area contributed by atoms with Gasteiger partial charge in [-0.25, -0.2) is 0 Å². The minimum atomic E-state index is -0.0694. The van der Waals surface area contributed by atoms with Crippen molar-refractivity contribution < 1.29 is 9.53 Å². The number of methoxy groups -OCH3 is 1. The van der Waals surface area contributed by atoms with Crippen LogP contribution in [0.1, 0.15) is 10.4 Å². The Labute approximate surface area is 104 Å². The van der Waals surface area contributed by atoms with Crippen molar-refractivity contribution in [3.05, 3.63) is 64.6 Å². The van der Waals surface area contributed by atoms with E-state index in [4.69, 9.17) is 4.74 Å². The highest BCUT2D eigenvalue weighted by Crippen LogP contribution is 2.13. The van der Waals surface area contributed by atoms with Crippen molar-refractivity contribution >= 4 is 5.78 Å². The van der Waals surface area contributed by atoms with Crippen LogP contribution in [0.15, 0.2) is 53.6 Å². The van der Waals surface area contributed by atoms with E-state index < -0.39 is 0 Å². The van der Waals surface area contributed by atoms with E-state index in [1.165, 1.54) is 12.1 Å². The summed E-state index contributed by atoms with van der Waals surface area (Å²) in [6, 6.07) is 9.86. The van der Waals surface area contributed by atoms with Gasteiger partial charge in [0.1, 0.15) is 5.75 Å². The molecule has 18 heavy (non-hydrogen) atoms. The molecule has 92 valence electrons. The van der Waals surface area contributed by atoms with Gasteiger partial charge in [0.05, 0.1) is 13.7 Å². The van der Waals surface area contributed by atoms with Crippen LogP contribution in [0.4, 0.5) is 0 Å². The zero-order valence-corrected chi connectivity index (χ0v) is 10.00. The number of rotatable bonds is 4. The predicted octanol–water partition coefficient (Wildman–Crippen LogP) is 1.74. The number of Topliss-reactive ketones (excluding diaryl/α,β-unsaturated/α-hetero) is 1. The second kappa shape index (κ2) is 5.31. The molecule has 0 atom stereocenters. The molecule has 4 heteroatoms. The molecule has 0 saturated heterocycles. The third kappa shape index (κ3) is 2.85. The average Bonchev–Trinajstić information content (AvgIpc) is 2.41. The van der Waals surface area contributed by atoms with Crippen LogP contribution in [0.2, 0.25) is 0 Å². The van der Waals surface area contributed by atoms with Crippen LogP contribution in [0.25, 0.3) is 0 Å². The molecule has 0 fully saturated rings. The molecule has 0 N–H and O–H groups in total. The Bertz CT molecular complexity index is 596. The highest BCUT2D eigenvalue weighted by Gasteiger charge is 2.06. The molecule has 1 aromatic carbocycles. The molecule has 1 aromatic heterocycles. The van der Waals surface area contributed by atoms with E-state index in [0.717, 1.165) is 0 Å². The number of aromatic nitrogens is 1. The predicted molar refractivity (Wildman–Crippen MR) is 68.0 cm³/mol. The van der Waals surface area contributed by atoms with Crippen molar-refractivity contribution in [1.29, 1.82) is 0 Å². The first kappa shape index (κ1) is 12.1. The van der Waals surface area contributed by atoms with Crippen molar-refractivity contribution in [3.8, 4) is 5.75 Å². The molecule has 2 aromatic rings. The standard InChI is InChI=1S/C14H13NO3/c1-18-13-4-2-3-11(9-13)14(17)10-15-7-5-12(16)6-8-15/h2-9H,10H2,1H3. The number of carbonyl (C=O) groups is 1. The van der Waals surface area contributed by atoms with E-state index in [9.17, 15) is 9.59 Å². The lowest BCUT2D eigenvalue weighted by molar-refractivity contribution is 0.0971. The first-order chi connectivity index (χ1) is 8.69. The van der Waals surface area contributed by atoms with Gasteiger partial charge in [0, 0.05) is 30.1 Å². The van der Waals surface area contributed by atoms with Gasteiger partial charge in [-0.15, -0.1) is 0 Å². The molecule has 0 bridgehead atoms. The molecule has 0 radical (unpaired) electrons. The highest BCUT2D eigenvalue weighted by atomic mass is 16.5. The Balaban J connectivity index is 2.16. The SMILES string of the molecule is COc1cccc(C(=O)Cn2ccc(=O)cc2)c1. The van der Waals surface area contributed by atoms with E-state index in [1.807, 2.05) is 0 Å². The van der Waals surface area contributed by atoms with E-state index >= 15 is 0 Å². The van der Waals surface area contributed by atoms with Crippen LogP contribution in [-0.2, 0) is 6.54 Å². The van der Waals surface area contributed by atoms with Crippen molar-refractivity contribution in [2.24, 2.45) is 0 Å². The van der Waals surface area contributed by atoms with Crippen molar-refractivity contribution in [3.63, 3.8) is 0 Å². The Morgan fingerprint density at radius 3 is 2.61 bits per heavy atom. The fraction of sp³-hybridized carbons (Fsp3) is 0.143. The van der Waals surface area contributed by atoms with Crippen molar-refractivity contribution in [1.82, 2.24) is 4.57 Å². The summed E-state index contributed by atoms with van der Waals surface area (Å²) in [6.45, 7) is 0.202. The summed E-state index contributed by atoms with van der Waals surface area (Å²) < 4.78 is 6.74. The normalized spacial score (nSPS) is 10.1. The smallest absolute Gasteiger partial charge is 0.182 e. The molecular weight excluding hydrogens is 230 g/mol. The van der Waals surface area contributed by atoms with Crippen molar-refractivity contribution in [2.75, 3.05) is 7.11 Å². The number of ketones is 1. The third-order valence-electron chi connectivity index (χ3n) is 2.58. The molecule has 0 amide bonds. The lowest BCUT2D eigenvalue weighted by Crippen LogP contribution is -2.12. The van der Waals surface area contributed by atoms with Gasteiger partial charge in [-0.2, -0.15) is 0 Å². The molecule has 2 rings (SSSR count). The summed E-state index contributed by atoms with van der Waals surface area (Å²) in [4.78, 5) is 23.0. The molecule has 4 nitrogen and oxygen atoms in total. The third-order valence-corrected chi connectivity index (χ3v) is 2.58. The average molecular weight is 243 g/mol. The van der Waals surface area contributed by atoms with Gasteiger partial charge in [0.15, 0.2) is 11.2 Å². The molecule has 0 aliphatic heterocycles. The van der Waals surface area contributed by atoms with E-state index in [-0.39, 0.29) is 17.8 Å². The minimum Gasteiger partial charge on any atom is -0.497 e. The van der Waals surface area contributed by atoms with Crippen LogP contribution in [-0.4, -0.2) is 17.5 Å². The van der Waals surface area contributed by atoms with Crippen LogP contribution in [0.5, 0.6) is 5.75 Å². The van der Waals surface area contributed by atoms with E-state index in [0.29, 0.717) is 11.3 Å². The number of ether oxygens (including phenoxy) is 1. The number of pyridine rings is 1. The van der Waals surface area contributed by atoms with Gasteiger partial charge in [0.25, 0.3) is 0 Å². The molecule has 0 aliphatic carbocycles. The fourth-order valence-electron chi connectivity index (χ4n) is 1.60. The Kier molecular flexibility index (Phi) is 3.57. The summed E-state index contributed by atoms with van der Waals surface area (Å²) in [7, 11) is 1.56. The van der Waals surface area contributed by atoms with Crippen LogP contribution >= 0.6 is 0 Å². The fourth-order valence-corrected chi connectivity index (χ4v) is 1.60. The monoisotopic (exact) mass is 243 g/mol. The van der Waals surface area contributed by atoms with Gasteiger partial charge in [0.2, 0.25) is 0 Å². The Morgan fingerprint density at radius 1 is 1.22 bits per heavy atom. The summed E-state index contributed by atoms with van der Waals surface area (Å²) >= 11 is 0. The maximum absolute atomic E-state index is 12.0. The molecule has 1 heterocycles. The topological polar surface area (TPSA) is 48.3 Å². The van der Waals surface area contributed by atoms with Gasteiger partial charge >= 0.3 is 0 Å². The number of hydrogen-bond acceptors (Lipinski definition) is 3. The first-order valence-corrected chi connectivity index (χ1v) is 5.52. The second-order valence-corrected chi connectivity index (χ2v) is 3.86. The minimum absolute atomic E-state index is 0.0300. The van der Waals surface area contributed by atoms with Gasteiger partial charge < -0.3 is 9.30 Å². The van der Waals surface area contributed by atoms with Crippen molar-refractivity contribution in [2.45, 2.75) is 6.54 Å². The van der Waals surface area contributed by atoms with Gasteiger partial charge in [-0.3, -0.25) is 9.59 Å². The zero-order valence-electron chi connectivity index (χ0n) is 10.00. The summed E-state index contributed by atoms with van der Waals surface area (Å²) in [5.74, 6) is 0.623. The first-order valence-electron chi connectivity index (χ1n) is 5.52. The number of benzene rings is 1. The zero-order chi connectivity index (χ0) is 13.0. The van der Waals surface area contributed by atoms with E-state index in [2.05, 4.69) is 0 Å². The largest absolute Gasteiger partial charge is 0.497 e. The summed E-state index contributed by atoms with van der Waals surface area (Å²) in [5.41, 5.74) is 0.521. The number of carbonyl (C=O) groups excluding carboxylic acids is 1. The molecule has 0 aliphatic rings. The van der Waals surface area contributed by atoms with Crippen LogP contribution in [0.3, 0.4) is 0 Å². The summed E-state index contributed by atoms with van der Waals surface area (Å²) in [5, 5.41) is 0. The lowest BCUT2D eigenvalue weighted by atomic mass is 10.1. The van der Waals surface area contributed by atoms with Crippen LogP contribution < -0.4 is 10.2 Å². The Morgan fingerprint density at radius 2 is 1.94 bits per heavy atom. The lowest BCUT2D eigenvalue weighted by Gasteiger charge is -2.06. The number of hydrogen-bond donors (Lipinski definition) is 0. The van der Waals surface area contributed by atoms with Gasteiger partial charge in [-0.05, 0) is 12.1 Å². The maximum Gasteiger partial charge on any atom is 0.182 e. The maximum atomic E-state index is 12.0. The highest BCUT2D eigenvalue weighted by molar-refractivity contribution is 5.96. The molecule has 0 saturated carbocycles. The quantitative estimate of drug-likeness (QED) is 0.768. The number of nitrogens with zero attached hydrogens (tertiary/aromatic N) is 1. The molecular formula is C14H13NO3. The second-order valence-electron chi connectivity index (χ2n) is 3.86. The summed E-state index contributed by atoms with van der Waals surface area (Å²) in [6.07, 6.45) is 3.20. The van der Waals surface area contributed by atoms with Crippen LogP contribution in [0, 0.1) is 0 Å².